The summed E-state index contributed by atoms with van der Waals surface area (Å²) in [6, 6.07) is 0. The molecule has 18 heavy (non-hydrogen) atoms. The molecule has 0 saturated carbocycles. The Hall–Kier alpha value is -0.680. The van der Waals surface area contributed by atoms with Gasteiger partial charge in [-0.3, -0.25) is 0 Å². The number of rotatable bonds is 4. The van der Waals surface area contributed by atoms with Crippen molar-refractivity contribution in [3.05, 3.63) is 24.3 Å². The van der Waals surface area contributed by atoms with Crippen LogP contribution in [0, 0.1) is 0 Å². The molecule has 0 heterocycles. The van der Waals surface area contributed by atoms with Crippen LogP contribution in [0.3, 0.4) is 0 Å². The zero-order valence-electron chi connectivity index (χ0n) is 12.1. The van der Waals surface area contributed by atoms with Gasteiger partial charge in [0.2, 0.25) is 0 Å². The highest BCUT2D eigenvalue weighted by atomic mass is 17.3. The van der Waals surface area contributed by atoms with E-state index in [1.165, 1.54) is 0 Å². The van der Waals surface area contributed by atoms with Crippen LogP contribution < -0.4 is 0 Å². The van der Waals surface area contributed by atoms with Crippen molar-refractivity contribution in [1.82, 2.24) is 0 Å². The monoisotopic (exact) mass is 256 g/mol. The van der Waals surface area contributed by atoms with Crippen molar-refractivity contribution in [2.75, 3.05) is 0 Å². The third-order valence-corrected chi connectivity index (χ3v) is 1.87. The summed E-state index contributed by atoms with van der Waals surface area (Å²) in [5.41, 5.74) is -0.819. The second-order valence-corrected chi connectivity index (χ2v) is 6.36. The van der Waals surface area contributed by atoms with E-state index in [9.17, 15) is 0 Å². The van der Waals surface area contributed by atoms with E-state index in [1.807, 2.05) is 59.8 Å². The Morgan fingerprint density at radius 2 is 1.33 bits per heavy atom. The van der Waals surface area contributed by atoms with Crippen molar-refractivity contribution in [3.8, 4) is 0 Å². The maximum Gasteiger partial charge on any atom is 0.255 e. The van der Waals surface area contributed by atoms with E-state index in [1.54, 1.807) is 6.08 Å². The van der Waals surface area contributed by atoms with Crippen molar-refractivity contribution in [2.24, 2.45) is 0 Å². The fraction of sp³-hybridized carbons (Fsp3) is 0.714. The first kappa shape index (κ1) is 15.4. The van der Waals surface area contributed by atoms with Gasteiger partial charge in [-0.05, 0) is 47.6 Å². The van der Waals surface area contributed by atoms with Crippen LogP contribution in [0.15, 0.2) is 24.3 Å². The van der Waals surface area contributed by atoms with E-state index in [0.29, 0.717) is 6.42 Å². The van der Waals surface area contributed by atoms with Crippen LogP contribution in [0.1, 0.15) is 48.0 Å². The SMILES string of the molecule is CC(C)(C)OOC1(OOC(C)(C)C)C=CC=CC1. The van der Waals surface area contributed by atoms with E-state index >= 15 is 0 Å². The van der Waals surface area contributed by atoms with Crippen LogP contribution in [0.5, 0.6) is 0 Å². The van der Waals surface area contributed by atoms with E-state index in [0.717, 1.165) is 0 Å². The Bertz CT molecular complexity index is 300. The van der Waals surface area contributed by atoms with Gasteiger partial charge < -0.3 is 0 Å². The highest BCUT2D eigenvalue weighted by molar-refractivity contribution is 5.15. The van der Waals surface area contributed by atoms with Crippen LogP contribution in [0.4, 0.5) is 0 Å². The molecule has 0 radical (unpaired) electrons. The van der Waals surface area contributed by atoms with Crippen molar-refractivity contribution in [3.63, 3.8) is 0 Å². The average Bonchev–Trinajstić information content (AvgIpc) is 2.24. The van der Waals surface area contributed by atoms with Gasteiger partial charge in [0.25, 0.3) is 5.79 Å². The second kappa shape index (κ2) is 5.53. The standard InChI is InChI=1S/C14H24O4/c1-12(2,3)15-17-14(10-8-7-9-11-14)18-16-13(4,5)6/h7-10H,11H2,1-6H3. The molecule has 0 aromatic heterocycles. The summed E-state index contributed by atoms with van der Waals surface area (Å²) < 4.78 is 0. The predicted molar refractivity (Wildman–Crippen MR) is 69.5 cm³/mol. The normalized spacial score (nSPS) is 19.2. The Kier molecular flexibility index (Phi) is 4.72. The summed E-state index contributed by atoms with van der Waals surface area (Å²) in [6.45, 7) is 11.5. The van der Waals surface area contributed by atoms with Gasteiger partial charge in [0.15, 0.2) is 0 Å². The van der Waals surface area contributed by atoms with Crippen molar-refractivity contribution in [2.45, 2.75) is 65.0 Å². The molecule has 0 aliphatic heterocycles. The van der Waals surface area contributed by atoms with Gasteiger partial charge in [0, 0.05) is 6.42 Å². The van der Waals surface area contributed by atoms with Gasteiger partial charge in [0.1, 0.15) is 0 Å². The Morgan fingerprint density at radius 1 is 0.833 bits per heavy atom. The van der Waals surface area contributed by atoms with E-state index < -0.39 is 17.0 Å². The zero-order valence-corrected chi connectivity index (χ0v) is 12.1. The topological polar surface area (TPSA) is 36.9 Å². The average molecular weight is 256 g/mol. The lowest BCUT2D eigenvalue weighted by molar-refractivity contribution is -0.526. The third-order valence-electron chi connectivity index (χ3n) is 1.87. The van der Waals surface area contributed by atoms with Gasteiger partial charge in [-0.1, -0.05) is 18.2 Å². The molecule has 1 aliphatic carbocycles. The molecule has 4 nitrogen and oxygen atoms in total. The highest BCUT2D eigenvalue weighted by Gasteiger charge is 2.36. The van der Waals surface area contributed by atoms with Crippen LogP contribution >= 0.6 is 0 Å². The molecule has 0 aromatic rings. The predicted octanol–water partition coefficient (Wildman–Crippen LogP) is 3.69. The molecule has 0 N–H and O–H groups in total. The Morgan fingerprint density at radius 3 is 1.67 bits per heavy atom. The molecule has 0 atom stereocenters. The van der Waals surface area contributed by atoms with Crippen molar-refractivity contribution < 1.29 is 19.6 Å². The van der Waals surface area contributed by atoms with Crippen LogP contribution in [-0.2, 0) is 19.6 Å². The molecule has 0 unspecified atom stereocenters. The summed E-state index contributed by atoms with van der Waals surface area (Å²) in [5.74, 6) is -1.02. The summed E-state index contributed by atoms with van der Waals surface area (Å²) in [7, 11) is 0. The Balaban J connectivity index is 2.65. The quantitative estimate of drug-likeness (QED) is 0.436. The Labute approximate surface area is 109 Å². The van der Waals surface area contributed by atoms with Gasteiger partial charge in [0.05, 0.1) is 11.2 Å². The molecule has 0 spiro atoms. The van der Waals surface area contributed by atoms with E-state index in [4.69, 9.17) is 19.6 Å². The number of hydrogen-bond acceptors (Lipinski definition) is 4. The zero-order chi connectivity index (χ0) is 13.9. The molecule has 0 bridgehead atoms. The maximum absolute atomic E-state index is 5.45. The molecule has 0 saturated heterocycles. The number of allylic oxidation sites excluding steroid dienone is 2. The lowest BCUT2D eigenvalue weighted by Crippen LogP contribution is -2.39. The molecule has 0 amide bonds. The molecule has 1 rings (SSSR count). The lowest BCUT2D eigenvalue weighted by atomic mass is 10.1. The highest BCUT2D eigenvalue weighted by Crippen LogP contribution is 2.28. The van der Waals surface area contributed by atoms with Crippen LogP contribution in [-0.4, -0.2) is 17.0 Å². The lowest BCUT2D eigenvalue weighted by Gasteiger charge is -2.33. The van der Waals surface area contributed by atoms with Crippen LogP contribution in [0.2, 0.25) is 0 Å². The molecular weight excluding hydrogens is 232 g/mol. The molecule has 0 aromatic carbocycles. The molecule has 1 aliphatic rings. The minimum atomic E-state index is -1.02. The molecule has 4 heteroatoms. The molecule has 0 fully saturated rings. The van der Waals surface area contributed by atoms with Gasteiger partial charge in [-0.15, -0.1) is 0 Å². The number of hydrogen-bond donors (Lipinski definition) is 0. The summed E-state index contributed by atoms with van der Waals surface area (Å²) in [5, 5.41) is 0. The van der Waals surface area contributed by atoms with E-state index in [-0.39, 0.29) is 0 Å². The summed E-state index contributed by atoms with van der Waals surface area (Å²) >= 11 is 0. The van der Waals surface area contributed by atoms with Gasteiger partial charge in [-0.2, -0.15) is 9.78 Å². The molecule has 104 valence electrons. The van der Waals surface area contributed by atoms with Crippen LogP contribution in [0.25, 0.3) is 0 Å². The first-order valence-electron chi connectivity index (χ1n) is 6.20. The fourth-order valence-corrected chi connectivity index (χ4v) is 1.11. The first-order valence-corrected chi connectivity index (χ1v) is 6.20. The van der Waals surface area contributed by atoms with Gasteiger partial charge >= 0.3 is 0 Å². The third kappa shape index (κ3) is 5.78. The minimum absolute atomic E-state index is 0.410. The van der Waals surface area contributed by atoms with Crippen molar-refractivity contribution in [1.29, 1.82) is 0 Å². The van der Waals surface area contributed by atoms with E-state index in [2.05, 4.69) is 0 Å². The largest absolute Gasteiger partial charge is 0.255 e. The summed E-state index contributed by atoms with van der Waals surface area (Å²) in [6.07, 6.45) is 8.04. The minimum Gasteiger partial charge on any atom is -0.227 e. The fourth-order valence-electron chi connectivity index (χ4n) is 1.11. The van der Waals surface area contributed by atoms with Crippen molar-refractivity contribution >= 4 is 0 Å². The van der Waals surface area contributed by atoms with Gasteiger partial charge in [-0.25, -0.2) is 9.78 Å². The maximum atomic E-state index is 5.45. The summed E-state index contributed by atoms with van der Waals surface area (Å²) in [4.78, 5) is 21.6. The molecular formula is C14H24O4. The smallest absolute Gasteiger partial charge is 0.227 e. The second-order valence-electron chi connectivity index (χ2n) is 6.36. The first-order chi connectivity index (χ1) is 8.12.